The first-order valence-corrected chi connectivity index (χ1v) is 12.9. The van der Waals surface area contributed by atoms with E-state index < -0.39 is 5.60 Å². The Hall–Kier alpha value is -3.39. The molecule has 7 heteroatoms. The molecule has 3 saturated heterocycles. The van der Waals surface area contributed by atoms with Crippen LogP contribution in [0.25, 0.3) is 0 Å². The van der Waals surface area contributed by atoms with E-state index in [4.69, 9.17) is 9.15 Å². The minimum absolute atomic E-state index is 0.139. The van der Waals surface area contributed by atoms with Gasteiger partial charge < -0.3 is 18.7 Å². The van der Waals surface area contributed by atoms with Gasteiger partial charge in [-0.1, -0.05) is 72.8 Å². The minimum atomic E-state index is -1.54. The van der Waals surface area contributed by atoms with E-state index in [0.717, 1.165) is 42.5 Å². The highest BCUT2D eigenvalue weighted by atomic mass is 19.1. The average Bonchev–Trinajstić information content (AvgIpc) is 3.42. The van der Waals surface area contributed by atoms with E-state index in [1.54, 1.807) is 12.1 Å². The van der Waals surface area contributed by atoms with Crippen LogP contribution in [0.4, 0.5) is 4.39 Å². The zero-order valence-corrected chi connectivity index (χ0v) is 20.7. The maximum Gasteiger partial charge on any atom is 0.271 e. The fraction of sp³-hybridized carbons (Fsp3) is 0.333. The summed E-state index contributed by atoms with van der Waals surface area (Å²) in [6, 6.07) is 25.4. The minimum Gasteiger partial charge on any atom is -0.416 e. The molecule has 2 bridgehead atoms. The lowest BCUT2D eigenvalue weighted by atomic mass is 9.83. The predicted molar refractivity (Wildman–Crippen MR) is 136 cm³/mol. The summed E-state index contributed by atoms with van der Waals surface area (Å²) < 4.78 is 26.6. The number of nitrogens with zero attached hydrogens (tertiary/aromatic N) is 3. The number of hydrogen-bond donors (Lipinski definition) is 1. The molecule has 3 aliphatic rings. The van der Waals surface area contributed by atoms with E-state index in [1.165, 1.54) is 12.1 Å². The number of hydrogen-bond acceptors (Lipinski definition) is 5. The summed E-state index contributed by atoms with van der Waals surface area (Å²) in [5.74, 6) is 1.01. The second-order valence-electron chi connectivity index (χ2n) is 10.4. The Kier molecular flexibility index (Phi) is 6.36. The van der Waals surface area contributed by atoms with E-state index in [9.17, 15) is 9.50 Å². The summed E-state index contributed by atoms with van der Waals surface area (Å²) in [6.45, 7) is 4.05. The molecular weight excluding hydrogens is 469 g/mol. The van der Waals surface area contributed by atoms with Crippen molar-refractivity contribution in [1.82, 2.24) is 10.2 Å². The Labute approximate surface area is 215 Å². The fourth-order valence-electron chi connectivity index (χ4n) is 5.94. The topological polar surface area (TPSA) is 68.4 Å². The molecular formula is C30H31FN3O3+. The Bertz CT molecular complexity index is 1280. The molecule has 0 amide bonds. The molecule has 190 valence electrons. The third-order valence-electron chi connectivity index (χ3n) is 8.05. The van der Waals surface area contributed by atoms with Crippen LogP contribution in [0.1, 0.15) is 41.3 Å². The number of benzene rings is 3. The van der Waals surface area contributed by atoms with Crippen molar-refractivity contribution in [2.75, 3.05) is 19.6 Å². The van der Waals surface area contributed by atoms with Crippen LogP contribution in [-0.2, 0) is 23.5 Å². The van der Waals surface area contributed by atoms with Crippen LogP contribution in [0.5, 0.6) is 0 Å². The third kappa shape index (κ3) is 4.70. The molecule has 1 atom stereocenters. The van der Waals surface area contributed by atoms with Crippen molar-refractivity contribution in [2.24, 2.45) is 5.92 Å². The van der Waals surface area contributed by atoms with E-state index in [-0.39, 0.29) is 17.8 Å². The van der Waals surface area contributed by atoms with Crippen molar-refractivity contribution < 1.29 is 23.1 Å². The quantitative estimate of drug-likeness (QED) is 0.352. The van der Waals surface area contributed by atoms with Crippen LogP contribution >= 0.6 is 0 Å². The molecule has 0 aliphatic carbocycles. The monoisotopic (exact) mass is 500 g/mol. The summed E-state index contributed by atoms with van der Waals surface area (Å²) in [6.07, 6.45) is 2.32. The molecule has 7 rings (SSSR count). The zero-order valence-electron chi connectivity index (χ0n) is 20.7. The first kappa shape index (κ1) is 24.0. The Morgan fingerprint density at radius 1 is 0.892 bits per heavy atom. The highest BCUT2D eigenvalue weighted by Gasteiger charge is 2.48. The smallest absolute Gasteiger partial charge is 0.271 e. The number of ether oxygens (including phenoxy) is 1. The molecule has 6 nitrogen and oxygen atoms in total. The van der Waals surface area contributed by atoms with Gasteiger partial charge in [-0.2, -0.15) is 0 Å². The molecule has 0 radical (unpaired) electrons. The van der Waals surface area contributed by atoms with E-state index >= 15 is 0 Å². The van der Waals surface area contributed by atoms with Gasteiger partial charge in [0.25, 0.3) is 11.8 Å². The zero-order chi connectivity index (χ0) is 25.3. The molecule has 3 aliphatic heterocycles. The van der Waals surface area contributed by atoms with Gasteiger partial charge >= 0.3 is 0 Å². The lowest BCUT2D eigenvalue weighted by Gasteiger charge is -2.51. The first-order chi connectivity index (χ1) is 18.0. The first-order valence-electron chi connectivity index (χ1n) is 12.9. The number of piperidine rings is 3. The molecule has 4 aromatic rings. The maximum atomic E-state index is 13.3. The molecule has 3 aromatic carbocycles. The average molecular weight is 501 g/mol. The second-order valence-corrected chi connectivity index (χ2v) is 10.4. The molecule has 4 heterocycles. The number of aromatic nitrogens is 2. The maximum absolute atomic E-state index is 13.3. The van der Waals surface area contributed by atoms with Gasteiger partial charge in [-0.05, 0) is 28.8 Å². The van der Waals surface area contributed by atoms with Crippen molar-refractivity contribution in [3.8, 4) is 0 Å². The number of fused-ring (bicyclic) bond motifs is 3. The van der Waals surface area contributed by atoms with Crippen LogP contribution in [0.3, 0.4) is 0 Å². The highest BCUT2D eigenvalue weighted by molar-refractivity contribution is 5.41. The SMILES string of the molecule is OC(c1ccccc1)(c1ccccc1)c1nnc(C[N+]23CCC(CC2)[C@@H](OCc2ccc(F)cc2)C3)o1. The summed E-state index contributed by atoms with van der Waals surface area (Å²) >= 11 is 0. The van der Waals surface area contributed by atoms with Crippen LogP contribution in [0.2, 0.25) is 0 Å². The third-order valence-corrected chi connectivity index (χ3v) is 8.05. The number of quaternary nitrogens is 1. The van der Waals surface area contributed by atoms with Gasteiger partial charge in [-0.15, -0.1) is 10.2 Å². The van der Waals surface area contributed by atoms with Crippen LogP contribution < -0.4 is 0 Å². The normalized spacial score (nSPS) is 23.3. The van der Waals surface area contributed by atoms with Gasteiger partial charge in [0, 0.05) is 18.8 Å². The Morgan fingerprint density at radius 2 is 1.51 bits per heavy atom. The molecule has 1 N–H and O–H groups in total. The lowest BCUT2D eigenvalue weighted by molar-refractivity contribution is -0.959. The predicted octanol–water partition coefficient (Wildman–Crippen LogP) is 4.82. The van der Waals surface area contributed by atoms with Gasteiger partial charge in [0.1, 0.15) is 18.5 Å². The second kappa shape index (κ2) is 9.82. The van der Waals surface area contributed by atoms with E-state index in [0.29, 0.717) is 36.1 Å². The number of rotatable bonds is 8. The van der Waals surface area contributed by atoms with Gasteiger partial charge in [0.05, 0.1) is 19.7 Å². The van der Waals surface area contributed by atoms with Gasteiger partial charge in [0.15, 0.2) is 12.1 Å². The molecule has 0 saturated carbocycles. The Morgan fingerprint density at radius 3 is 2.14 bits per heavy atom. The van der Waals surface area contributed by atoms with Gasteiger partial charge in [-0.25, -0.2) is 4.39 Å². The standard InChI is InChI=1S/C30H31FN3O3/c31-26-13-11-22(12-14-26)21-36-27-19-34(17-15-23(27)16-18-34)20-28-32-33-29(37-28)30(35,24-7-3-1-4-8-24)25-9-5-2-6-10-25/h1-14,23,27,35H,15-21H2/q+1/t23?,27-,34?/m0/s1. The van der Waals surface area contributed by atoms with E-state index in [1.807, 2.05) is 60.7 Å². The fourth-order valence-corrected chi connectivity index (χ4v) is 5.94. The summed E-state index contributed by atoms with van der Waals surface area (Å²) in [5, 5.41) is 20.7. The van der Waals surface area contributed by atoms with Crippen LogP contribution in [0.15, 0.2) is 89.3 Å². The Balaban J connectivity index is 1.21. The van der Waals surface area contributed by atoms with Gasteiger partial charge in [-0.3, -0.25) is 0 Å². The highest BCUT2D eigenvalue weighted by Crippen LogP contribution is 2.39. The van der Waals surface area contributed by atoms with Crippen molar-refractivity contribution in [3.63, 3.8) is 0 Å². The van der Waals surface area contributed by atoms with Crippen LogP contribution in [-0.4, -0.2) is 45.5 Å². The van der Waals surface area contributed by atoms with Crippen LogP contribution in [0, 0.1) is 11.7 Å². The number of aliphatic hydroxyl groups is 1. The molecule has 0 unspecified atom stereocenters. The molecule has 3 fully saturated rings. The van der Waals surface area contributed by atoms with E-state index in [2.05, 4.69) is 10.2 Å². The van der Waals surface area contributed by atoms with Crippen molar-refractivity contribution >= 4 is 0 Å². The van der Waals surface area contributed by atoms with Crippen molar-refractivity contribution in [1.29, 1.82) is 0 Å². The van der Waals surface area contributed by atoms with Crippen molar-refractivity contribution in [2.45, 2.75) is 37.7 Å². The van der Waals surface area contributed by atoms with Crippen molar-refractivity contribution in [3.05, 3.63) is 119 Å². The molecule has 1 aromatic heterocycles. The largest absolute Gasteiger partial charge is 0.416 e. The number of halogens is 1. The van der Waals surface area contributed by atoms with Gasteiger partial charge in [0.2, 0.25) is 0 Å². The summed E-state index contributed by atoms with van der Waals surface area (Å²) in [7, 11) is 0. The summed E-state index contributed by atoms with van der Waals surface area (Å²) in [5.41, 5.74) is 0.795. The molecule has 0 spiro atoms. The lowest BCUT2D eigenvalue weighted by Crippen LogP contribution is -2.63. The summed E-state index contributed by atoms with van der Waals surface area (Å²) in [4.78, 5) is 0. The molecule has 37 heavy (non-hydrogen) atoms.